The molecule has 2 nitrogen and oxygen atoms in total. The number of fused-ring (bicyclic) bond motifs is 1. The second kappa shape index (κ2) is 4.75. The molecule has 0 aliphatic rings. The van der Waals surface area contributed by atoms with Gasteiger partial charge in [0, 0.05) is 18.2 Å². The van der Waals surface area contributed by atoms with Crippen molar-refractivity contribution in [1.29, 1.82) is 0 Å². The van der Waals surface area contributed by atoms with Crippen LogP contribution in [0.3, 0.4) is 0 Å². The molecule has 3 heteroatoms. The Morgan fingerprint density at radius 1 is 1.15 bits per heavy atom. The zero-order chi connectivity index (χ0) is 14.3. The van der Waals surface area contributed by atoms with Gasteiger partial charge in [-0.25, -0.2) is 9.37 Å². The van der Waals surface area contributed by atoms with Crippen molar-refractivity contribution in [3.63, 3.8) is 0 Å². The zero-order valence-corrected chi connectivity index (χ0v) is 11.9. The van der Waals surface area contributed by atoms with Crippen LogP contribution < -0.4 is 0 Å². The Kier molecular flexibility index (Phi) is 3.05. The monoisotopic (exact) mass is 268 g/mol. The Morgan fingerprint density at radius 3 is 2.50 bits per heavy atom. The molecule has 0 spiro atoms. The molecule has 1 aromatic heterocycles. The molecule has 0 aliphatic carbocycles. The van der Waals surface area contributed by atoms with Crippen LogP contribution in [0.4, 0.5) is 4.39 Å². The number of aryl methyl sites for hydroxylation is 1. The van der Waals surface area contributed by atoms with Crippen molar-refractivity contribution in [1.82, 2.24) is 9.55 Å². The molecule has 0 saturated heterocycles. The van der Waals surface area contributed by atoms with Crippen molar-refractivity contribution >= 4 is 11.0 Å². The van der Waals surface area contributed by atoms with Gasteiger partial charge in [-0.2, -0.15) is 0 Å². The van der Waals surface area contributed by atoms with Crippen LogP contribution in [0.25, 0.3) is 22.2 Å². The van der Waals surface area contributed by atoms with Gasteiger partial charge < -0.3 is 4.57 Å². The lowest BCUT2D eigenvalue weighted by molar-refractivity contribution is 0.605. The summed E-state index contributed by atoms with van der Waals surface area (Å²) in [6.45, 7) is 4.00. The summed E-state index contributed by atoms with van der Waals surface area (Å²) >= 11 is 0. The maximum atomic E-state index is 14.9. The summed E-state index contributed by atoms with van der Waals surface area (Å²) in [7, 11) is 1.94. The largest absolute Gasteiger partial charge is 0.334 e. The van der Waals surface area contributed by atoms with E-state index in [-0.39, 0.29) is 11.7 Å². The molecule has 3 aromatic rings. The fraction of sp³-hybridized carbons (Fsp3) is 0.235. The first-order valence-corrected chi connectivity index (χ1v) is 6.78. The topological polar surface area (TPSA) is 17.8 Å². The van der Waals surface area contributed by atoms with Gasteiger partial charge in [-0.05, 0) is 17.5 Å². The van der Waals surface area contributed by atoms with Crippen molar-refractivity contribution in [3.8, 4) is 11.1 Å². The normalized spacial score (nSPS) is 11.4. The highest BCUT2D eigenvalue weighted by atomic mass is 19.1. The predicted octanol–water partition coefficient (Wildman–Crippen LogP) is 4.50. The quantitative estimate of drug-likeness (QED) is 0.669. The van der Waals surface area contributed by atoms with E-state index in [1.54, 1.807) is 6.33 Å². The van der Waals surface area contributed by atoms with Crippen molar-refractivity contribution in [2.45, 2.75) is 19.8 Å². The molecule has 0 atom stereocenters. The Labute approximate surface area is 117 Å². The van der Waals surface area contributed by atoms with Gasteiger partial charge in [0.25, 0.3) is 0 Å². The van der Waals surface area contributed by atoms with Crippen molar-refractivity contribution in [2.75, 3.05) is 0 Å². The van der Waals surface area contributed by atoms with Gasteiger partial charge in [0.1, 0.15) is 5.82 Å². The molecular formula is C17H17FN2. The maximum absolute atomic E-state index is 14.9. The second-order valence-corrected chi connectivity index (χ2v) is 5.40. The zero-order valence-electron chi connectivity index (χ0n) is 11.9. The lowest BCUT2D eigenvalue weighted by Gasteiger charge is -2.13. The van der Waals surface area contributed by atoms with E-state index >= 15 is 0 Å². The minimum absolute atomic E-state index is 0.0936. The molecule has 0 aliphatic heterocycles. The molecular weight excluding hydrogens is 251 g/mol. The van der Waals surface area contributed by atoms with Crippen LogP contribution in [0.15, 0.2) is 42.7 Å². The molecule has 1 heterocycles. The van der Waals surface area contributed by atoms with E-state index in [0.717, 1.165) is 16.6 Å². The van der Waals surface area contributed by atoms with Crippen molar-refractivity contribution in [2.24, 2.45) is 7.05 Å². The number of rotatable bonds is 2. The fourth-order valence-electron chi connectivity index (χ4n) is 2.62. The van der Waals surface area contributed by atoms with Crippen LogP contribution in [0, 0.1) is 5.82 Å². The van der Waals surface area contributed by atoms with Crippen molar-refractivity contribution in [3.05, 3.63) is 54.1 Å². The molecule has 20 heavy (non-hydrogen) atoms. The second-order valence-electron chi connectivity index (χ2n) is 5.40. The van der Waals surface area contributed by atoms with Crippen LogP contribution in [-0.2, 0) is 7.05 Å². The van der Waals surface area contributed by atoms with Gasteiger partial charge in [-0.1, -0.05) is 44.2 Å². The van der Waals surface area contributed by atoms with Gasteiger partial charge in [0.05, 0.1) is 17.4 Å². The van der Waals surface area contributed by atoms with E-state index in [4.69, 9.17) is 0 Å². The highest BCUT2D eigenvalue weighted by molar-refractivity contribution is 5.86. The van der Waals surface area contributed by atoms with E-state index in [1.165, 1.54) is 0 Å². The van der Waals surface area contributed by atoms with E-state index < -0.39 is 0 Å². The number of halogens is 1. The molecule has 0 N–H and O–H groups in total. The molecule has 2 aromatic carbocycles. The smallest absolute Gasteiger partial charge is 0.136 e. The van der Waals surface area contributed by atoms with Gasteiger partial charge in [0.2, 0.25) is 0 Å². The lowest BCUT2D eigenvalue weighted by Crippen LogP contribution is -1.99. The summed E-state index contributed by atoms with van der Waals surface area (Å²) in [5.74, 6) is -0.0616. The fourth-order valence-corrected chi connectivity index (χ4v) is 2.62. The summed E-state index contributed by atoms with van der Waals surface area (Å²) in [6, 6.07) is 11.6. The summed E-state index contributed by atoms with van der Waals surface area (Å²) in [6.07, 6.45) is 1.74. The predicted molar refractivity (Wildman–Crippen MR) is 80.2 cm³/mol. The van der Waals surface area contributed by atoms with Gasteiger partial charge >= 0.3 is 0 Å². The highest BCUT2D eigenvalue weighted by Gasteiger charge is 2.19. The minimum atomic E-state index is -0.155. The standard InChI is InChI=1S/C17H17FN2/c1-11(2)15-16(18)13(12-7-5-4-6-8-12)9-14-17(15)19-10-20(14)3/h4-11H,1-3H3. The maximum Gasteiger partial charge on any atom is 0.136 e. The Morgan fingerprint density at radius 2 is 1.85 bits per heavy atom. The van der Waals surface area contributed by atoms with Crippen LogP contribution in [0.1, 0.15) is 25.3 Å². The summed E-state index contributed by atoms with van der Waals surface area (Å²) in [4.78, 5) is 4.36. The molecule has 0 unspecified atom stereocenters. The van der Waals surface area contributed by atoms with Gasteiger partial charge in [-0.15, -0.1) is 0 Å². The third-order valence-electron chi connectivity index (χ3n) is 3.65. The summed E-state index contributed by atoms with van der Waals surface area (Å²) < 4.78 is 16.8. The third-order valence-corrected chi connectivity index (χ3v) is 3.65. The number of nitrogens with zero attached hydrogens (tertiary/aromatic N) is 2. The Hall–Kier alpha value is -2.16. The van der Waals surface area contributed by atoms with Gasteiger partial charge in [0.15, 0.2) is 0 Å². The highest BCUT2D eigenvalue weighted by Crippen LogP contribution is 2.34. The van der Waals surface area contributed by atoms with E-state index in [0.29, 0.717) is 11.1 Å². The van der Waals surface area contributed by atoms with Gasteiger partial charge in [-0.3, -0.25) is 0 Å². The molecule has 0 fully saturated rings. The summed E-state index contributed by atoms with van der Waals surface area (Å²) in [5.41, 5.74) is 3.97. The third kappa shape index (κ3) is 1.90. The van der Waals surface area contributed by atoms with Crippen LogP contribution in [0.5, 0.6) is 0 Å². The average molecular weight is 268 g/mol. The SMILES string of the molecule is CC(C)c1c(F)c(-c2ccccc2)cc2c1ncn2C. The van der Waals surface area contributed by atoms with E-state index in [1.807, 2.05) is 61.9 Å². The number of hydrogen-bond acceptors (Lipinski definition) is 1. The molecule has 0 bridgehead atoms. The van der Waals surface area contributed by atoms with E-state index in [2.05, 4.69) is 4.98 Å². The van der Waals surface area contributed by atoms with Crippen molar-refractivity contribution < 1.29 is 4.39 Å². The number of benzene rings is 2. The first-order chi connectivity index (χ1) is 9.59. The molecule has 0 saturated carbocycles. The molecule has 0 amide bonds. The van der Waals surface area contributed by atoms with E-state index in [9.17, 15) is 4.39 Å². The Balaban J connectivity index is 2.39. The minimum Gasteiger partial charge on any atom is -0.334 e. The summed E-state index contributed by atoms with van der Waals surface area (Å²) in [5, 5.41) is 0. The average Bonchev–Trinajstić information content (AvgIpc) is 2.80. The first-order valence-electron chi connectivity index (χ1n) is 6.78. The number of imidazole rings is 1. The first kappa shape index (κ1) is 12.9. The number of hydrogen-bond donors (Lipinski definition) is 0. The lowest BCUT2D eigenvalue weighted by atomic mass is 9.94. The van der Waals surface area contributed by atoms with Crippen LogP contribution in [-0.4, -0.2) is 9.55 Å². The van der Waals surface area contributed by atoms with Crippen LogP contribution in [0.2, 0.25) is 0 Å². The Bertz CT molecular complexity index is 758. The van der Waals surface area contributed by atoms with Crippen LogP contribution >= 0.6 is 0 Å². The molecule has 3 rings (SSSR count). The number of aromatic nitrogens is 2. The molecule has 0 radical (unpaired) electrons. The molecule has 102 valence electrons.